The largest absolute Gasteiger partial charge is 0.469 e. The van der Waals surface area contributed by atoms with E-state index in [0.29, 0.717) is 11.6 Å². The molecule has 1 amide bonds. The molecule has 0 bridgehead atoms. The van der Waals surface area contributed by atoms with Gasteiger partial charge in [-0.1, -0.05) is 28.8 Å². The van der Waals surface area contributed by atoms with E-state index in [0.717, 1.165) is 30.5 Å². The first-order valence-corrected chi connectivity index (χ1v) is 7.26. The van der Waals surface area contributed by atoms with Gasteiger partial charge in [-0.05, 0) is 25.8 Å². The van der Waals surface area contributed by atoms with Crippen molar-refractivity contribution in [1.29, 1.82) is 0 Å². The first-order valence-electron chi connectivity index (χ1n) is 6.14. The molecule has 1 aromatic rings. The van der Waals surface area contributed by atoms with E-state index in [1.165, 1.54) is 12.8 Å². The van der Waals surface area contributed by atoms with E-state index >= 15 is 0 Å². The first kappa shape index (κ1) is 12.7. The van der Waals surface area contributed by atoms with Gasteiger partial charge in [0, 0.05) is 17.9 Å². The quantitative estimate of drug-likeness (QED) is 0.785. The van der Waals surface area contributed by atoms with Gasteiger partial charge >= 0.3 is 0 Å². The highest BCUT2D eigenvalue weighted by atomic mass is 79.9. The molecule has 0 aliphatic carbocycles. The summed E-state index contributed by atoms with van der Waals surface area (Å²) in [7, 11) is 0. The van der Waals surface area contributed by atoms with Crippen molar-refractivity contribution in [3.63, 3.8) is 0 Å². The monoisotopic (exact) mass is 299 g/mol. The number of hydrogen-bond acceptors (Lipinski definition) is 2. The highest BCUT2D eigenvalue weighted by Gasteiger charge is 2.26. The molecule has 1 atom stereocenters. The third-order valence-electron chi connectivity index (χ3n) is 3.29. The topological polar surface area (TPSA) is 33.5 Å². The minimum absolute atomic E-state index is 0.105. The van der Waals surface area contributed by atoms with Crippen molar-refractivity contribution >= 4 is 21.8 Å². The van der Waals surface area contributed by atoms with Crippen molar-refractivity contribution in [2.24, 2.45) is 0 Å². The average Bonchev–Trinajstić information content (AvgIpc) is 2.64. The summed E-state index contributed by atoms with van der Waals surface area (Å²) in [6.45, 7) is 2.72. The summed E-state index contributed by atoms with van der Waals surface area (Å²) in [6.07, 6.45) is 6.19. The lowest BCUT2D eigenvalue weighted by Crippen LogP contribution is -2.40. The fourth-order valence-electron chi connectivity index (χ4n) is 2.33. The molecule has 1 saturated heterocycles. The second kappa shape index (κ2) is 5.71. The second-order valence-corrected chi connectivity index (χ2v) is 5.25. The normalized spacial score (nSPS) is 21.3. The van der Waals surface area contributed by atoms with Crippen LogP contribution in [0.25, 0.3) is 0 Å². The Kier molecular flexibility index (Phi) is 4.26. The zero-order valence-electron chi connectivity index (χ0n) is 10.1. The van der Waals surface area contributed by atoms with Crippen LogP contribution in [0.1, 0.15) is 41.8 Å². The molecule has 0 saturated carbocycles. The maximum absolute atomic E-state index is 12.4. The molecule has 0 radical (unpaired) electrons. The molecule has 2 heterocycles. The Hall–Kier alpha value is -0.770. The van der Waals surface area contributed by atoms with E-state index in [4.69, 9.17) is 4.42 Å². The van der Waals surface area contributed by atoms with E-state index in [2.05, 4.69) is 15.9 Å². The van der Waals surface area contributed by atoms with E-state index in [1.807, 2.05) is 17.9 Å². The van der Waals surface area contributed by atoms with Crippen LogP contribution in [-0.4, -0.2) is 28.7 Å². The number of furan rings is 1. The fraction of sp³-hybridized carbons (Fsp3) is 0.615. The Morgan fingerprint density at radius 2 is 2.35 bits per heavy atom. The summed E-state index contributed by atoms with van der Waals surface area (Å²) >= 11 is 3.51. The van der Waals surface area contributed by atoms with Crippen molar-refractivity contribution in [3.8, 4) is 0 Å². The van der Waals surface area contributed by atoms with Gasteiger partial charge in [-0.2, -0.15) is 0 Å². The van der Waals surface area contributed by atoms with E-state index in [9.17, 15) is 4.79 Å². The summed E-state index contributed by atoms with van der Waals surface area (Å²) in [4.78, 5) is 14.4. The molecule has 4 heteroatoms. The zero-order chi connectivity index (χ0) is 12.3. The standard InChI is InChI=1S/C13H18BrNO2/c1-10-7-11(9-17-10)13(16)15-6-4-2-3-5-12(15)8-14/h7,9,12H,2-6,8H2,1H3. The Bertz CT molecular complexity index is 389. The number of amides is 1. The maximum atomic E-state index is 12.4. The van der Waals surface area contributed by atoms with Crippen LogP contribution in [0.3, 0.4) is 0 Å². The van der Waals surface area contributed by atoms with Crippen LogP contribution in [0.5, 0.6) is 0 Å². The van der Waals surface area contributed by atoms with Gasteiger partial charge in [0.15, 0.2) is 0 Å². The van der Waals surface area contributed by atoms with Gasteiger partial charge in [-0.25, -0.2) is 0 Å². The van der Waals surface area contributed by atoms with Crippen LogP contribution in [0.4, 0.5) is 0 Å². The molecule has 0 spiro atoms. The van der Waals surface area contributed by atoms with Crippen molar-refractivity contribution in [2.45, 2.75) is 38.6 Å². The summed E-state index contributed by atoms with van der Waals surface area (Å²) in [5, 5.41) is 0.857. The molecule has 1 aliphatic rings. The zero-order valence-corrected chi connectivity index (χ0v) is 11.7. The maximum Gasteiger partial charge on any atom is 0.257 e. The number of carbonyl (C=O) groups is 1. The van der Waals surface area contributed by atoms with E-state index in [-0.39, 0.29) is 5.91 Å². The number of carbonyl (C=O) groups excluding carboxylic acids is 1. The van der Waals surface area contributed by atoms with E-state index < -0.39 is 0 Å². The minimum atomic E-state index is 0.105. The third kappa shape index (κ3) is 2.92. The molecular weight excluding hydrogens is 282 g/mol. The lowest BCUT2D eigenvalue weighted by atomic mass is 10.1. The number of rotatable bonds is 2. The van der Waals surface area contributed by atoms with Crippen LogP contribution >= 0.6 is 15.9 Å². The molecule has 94 valence electrons. The van der Waals surface area contributed by atoms with Crippen LogP contribution in [0.15, 0.2) is 16.7 Å². The van der Waals surface area contributed by atoms with E-state index in [1.54, 1.807) is 6.26 Å². The molecular formula is C13H18BrNO2. The minimum Gasteiger partial charge on any atom is -0.469 e. The molecule has 2 rings (SSSR count). The number of hydrogen-bond donors (Lipinski definition) is 0. The second-order valence-electron chi connectivity index (χ2n) is 4.60. The number of likely N-dealkylation sites (tertiary alicyclic amines) is 1. The molecule has 0 aromatic carbocycles. The number of aryl methyl sites for hydroxylation is 1. The SMILES string of the molecule is Cc1cc(C(=O)N2CCCCCC2CBr)co1. The van der Waals surface area contributed by atoms with Crippen molar-refractivity contribution in [3.05, 3.63) is 23.7 Å². The van der Waals surface area contributed by atoms with Crippen molar-refractivity contribution in [2.75, 3.05) is 11.9 Å². The highest BCUT2D eigenvalue weighted by Crippen LogP contribution is 2.21. The van der Waals surface area contributed by atoms with Crippen molar-refractivity contribution < 1.29 is 9.21 Å². The summed E-state index contributed by atoms with van der Waals surface area (Å²) in [6, 6.07) is 2.14. The molecule has 17 heavy (non-hydrogen) atoms. The molecule has 1 aromatic heterocycles. The first-order chi connectivity index (χ1) is 8.22. The van der Waals surface area contributed by atoms with Gasteiger partial charge in [0.25, 0.3) is 5.91 Å². The van der Waals surface area contributed by atoms with Crippen LogP contribution < -0.4 is 0 Å². The van der Waals surface area contributed by atoms with Gasteiger partial charge in [0.05, 0.1) is 5.56 Å². The predicted octanol–water partition coefficient (Wildman–Crippen LogP) is 3.37. The lowest BCUT2D eigenvalue weighted by molar-refractivity contribution is 0.0701. The summed E-state index contributed by atoms with van der Waals surface area (Å²) < 4.78 is 5.22. The molecule has 3 nitrogen and oxygen atoms in total. The summed E-state index contributed by atoms with van der Waals surface area (Å²) in [5.41, 5.74) is 0.676. The number of alkyl halides is 1. The Labute approximate surface area is 110 Å². The lowest BCUT2D eigenvalue weighted by Gasteiger charge is -2.28. The van der Waals surface area contributed by atoms with Gasteiger partial charge < -0.3 is 9.32 Å². The van der Waals surface area contributed by atoms with Gasteiger partial charge in [0.2, 0.25) is 0 Å². The molecule has 0 N–H and O–H groups in total. The Balaban J connectivity index is 2.15. The van der Waals surface area contributed by atoms with Gasteiger partial charge in [-0.15, -0.1) is 0 Å². The Morgan fingerprint density at radius 1 is 1.53 bits per heavy atom. The average molecular weight is 300 g/mol. The van der Waals surface area contributed by atoms with Crippen LogP contribution in [0.2, 0.25) is 0 Å². The third-order valence-corrected chi connectivity index (χ3v) is 4.04. The Morgan fingerprint density at radius 3 is 3.00 bits per heavy atom. The smallest absolute Gasteiger partial charge is 0.257 e. The fourth-order valence-corrected chi connectivity index (χ4v) is 3.00. The summed E-state index contributed by atoms with van der Waals surface area (Å²) in [5.74, 6) is 0.895. The molecule has 1 unspecified atom stereocenters. The molecule has 1 fully saturated rings. The highest BCUT2D eigenvalue weighted by molar-refractivity contribution is 9.09. The van der Waals surface area contributed by atoms with Gasteiger partial charge in [-0.3, -0.25) is 4.79 Å². The number of halogens is 1. The predicted molar refractivity (Wildman–Crippen MR) is 70.5 cm³/mol. The molecule has 1 aliphatic heterocycles. The van der Waals surface area contributed by atoms with Crippen LogP contribution in [0, 0.1) is 6.92 Å². The number of nitrogens with zero attached hydrogens (tertiary/aromatic N) is 1. The van der Waals surface area contributed by atoms with Crippen molar-refractivity contribution in [1.82, 2.24) is 4.90 Å². The van der Waals surface area contributed by atoms with Gasteiger partial charge in [0.1, 0.15) is 12.0 Å². The van der Waals surface area contributed by atoms with Crippen LogP contribution in [-0.2, 0) is 0 Å².